The molecule has 23 heavy (non-hydrogen) atoms. The van der Waals surface area contributed by atoms with Crippen molar-refractivity contribution >= 4 is 16.0 Å². The van der Waals surface area contributed by atoms with Gasteiger partial charge in [-0.1, -0.05) is 24.3 Å². The molecule has 0 bridgehead atoms. The molecule has 0 aliphatic rings. The summed E-state index contributed by atoms with van der Waals surface area (Å²) in [5.41, 5.74) is 0. The maximum Gasteiger partial charge on any atom is 0.306 e. The molecule has 0 heterocycles. The molecule has 1 aromatic rings. The van der Waals surface area contributed by atoms with E-state index in [9.17, 15) is 23.4 Å². The molecule has 0 saturated heterocycles. The number of hydrogen-bond donors (Lipinski definition) is 2. The highest BCUT2D eigenvalue weighted by atomic mass is 32.2. The molecule has 0 spiro atoms. The fourth-order valence-electron chi connectivity index (χ4n) is 2.25. The third-order valence-electron chi connectivity index (χ3n) is 3.42. The molecule has 128 valence electrons. The number of nitrogens with zero attached hydrogens (tertiary/aromatic N) is 1. The molecule has 6 nitrogen and oxygen atoms in total. The first-order valence-corrected chi connectivity index (χ1v) is 8.80. The SMILES string of the molecule is C=CCN(CC[C@@H](CC(C)O)C(=O)O)S(=O)(=O)c1ccccc1. The van der Waals surface area contributed by atoms with E-state index in [1.807, 2.05) is 0 Å². The van der Waals surface area contributed by atoms with Gasteiger partial charge in [-0.15, -0.1) is 6.58 Å². The average Bonchev–Trinajstić information content (AvgIpc) is 2.50. The van der Waals surface area contributed by atoms with Crippen LogP contribution in [0.5, 0.6) is 0 Å². The topological polar surface area (TPSA) is 94.9 Å². The zero-order chi connectivity index (χ0) is 17.5. The first-order valence-electron chi connectivity index (χ1n) is 7.36. The van der Waals surface area contributed by atoms with Gasteiger partial charge >= 0.3 is 5.97 Å². The highest BCUT2D eigenvalue weighted by Gasteiger charge is 2.26. The number of aliphatic hydroxyl groups is 1. The second kappa shape index (κ2) is 8.81. The Labute approximate surface area is 137 Å². The van der Waals surface area contributed by atoms with Gasteiger partial charge in [-0.3, -0.25) is 4.79 Å². The molecule has 0 radical (unpaired) electrons. The van der Waals surface area contributed by atoms with Crippen LogP contribution < -0.4 is 0 Å². The Morgan fingerprint density at radius 2 is 1.96 bits per heavy atom. The Hall–Kier alpha value is -1.70. The highest BCUT2D eigenvalue weighted by Crippen LogP contribution is 2.19. The number of carboxylic acids is 1. The molecular weight excluding hydrogens is 318 g/mol. The number of carbonyl (C=O) groups is 1. The largest absolute Gasteiger partial charge is 0.481 e. The lowest BCUT2D eigenvalue weighted by Crippen LogP contribution is -2.34. The summed E-state index contributed by atoms with van der Waals surface area (Å²) >= 11 is 0. The standard InChI is InChI=1S/C16H23NO5S/c1-3-10-17(11-9-14(16(19)20)12-13(2)18)23(21,22)15-7-5-4-6-8-15/h3-8,13-14,18H,1,9-12H2,2H3,(H,19,20)/t13?,14-/m0/s1. The molecule has 1 unspecified atom stereocenters. The summed E-state index contributed by atoms with van der Waals surface area (Å²) in [6, 6.07) is 7.98. The van der Waals surface area contributed by atoms with E-state index >= 15 is 0 Å². The van der Waals surface area contributed by atoms with Crippen molar-refractivity contribution in [3.63, 3.8) is 0 Å². The summed E-state index contributed by atoms with van der Waals surface area (Å²) in [6.45, 7) is 5.21. The third-order valence-corrected chi connectivity index (χ3v) is 5.29. The van der Waals surface area contributed by atoms with Crippen LogP contribution in [-0.4, -0.2) is 48.1 Å². The van der Waals surface area contributed by atoms with Gasteiger partial charge in [-0.25, -0.2) is 8.42 Å². The van der Waals surface area contributed by atoms with E-state index in [0.717, 1.165) is 0 Å². The molecule has 0 fully saturated rings. The molecule has 0 aliphatic carbocycles. The van der Waals surface area contributed by atoms with Gasteiger partial charge in [0.05, 0.1) is 16.9 Å². The van der Waals surface area contributed by atoms with Gasteiger partial charge in [-0.2, -0.15) is 4.31 Å². The Kier molecular flexibility index (Phi) is 7.41. The summed E-state index contributed by atoms with van der Waals surface area (Å²) in [5.74, 6) is -1.84. The summed E-state index contributed by atoms with van der Waals surface area (Å²) in [4.78, 5) is 11.4. The van der Waals surface area contributed by atoms with Crippen LogP contribution in [0.3, 0.4) is 0 Å². The van der Waals surface area contributed by atoms with Crippen LogP contribution in [0.2, 0.25) is 0 Å². The molecule has 0 amide bonds. The highest BCUT2D eigenvalue weighted by molar-refractivity contribution is 7.89. The first kappa shape index (κ1) is 19.3. The van der Waals surface area contributed by atoms with Gasteiger partial charge in [0.2, 0.25) is 10.0 Å². The fraction of sp³-hybridized carbons (Fsp3) is 0.438. The molecule has 2 atom stereocenters. The number of aliphatic hydroxyl groups excluding tert-OH is 1. The number of benzene rings is 1. The summed E-state index contributed by atoms with van der Waals surface area (Å²) < 4.78 is 26.4. The van der Waals surface area contributed by atoms with Gasteiger partial charge in [0.25, 0.3) is 0 Å². The minimum Gasteiger partial charge on any atom is -0.481 e. The second-order valence-electron chi connectivity index (χ2n) is 5.37. The van der Waals surface area contributed by atoms with Gasteiger partial charge in [-0.05, 0) is 31.9 Å². The van der Waals surface area contributed by atoms with Gasteiger partial charge in [0, 0.05) is 13.1 Å². The van der Waals surface area contributed by atoms with Crippen LogP contribution >= 0.6 is 0 Å². The smallest absolute Gasteiger partial charge is 0.306 e. The third kappa shape index (κ3) is 5.78. The van der Waals surface area contributed by atoms with E-state index in [-0.39, 0.29) is 30.8 Å². The lowest BCUT2D eigenvalue weighted by Gasteiger charge is -2.23. The number of sulfonamides is 1. The van der Waals surface area contributed by atoms with Crippen molar-refractivity contribution in [2.45, 2.75) is 30.8 Å². The van der Waals surface area contributed by atoms with Crippen LogP contribution in [0.25, 0.3) is 0 Å². The van der Waals surface area contributed by atoms with Gasteiger partial charge in [0.15, 0.2) is 0 Å². The van der Waals surface area contributed by atoms with E-state index in [1.165, 1.54) is 29.4 Å². The number of carboxylic acid groups (broad SMARTS) is 1. The van der Waals surface area contributed by atoms with Crippen LogP contribution in [-0.2, 0) is 14.8 Å². The van der Waals surface area contributed by atoms with Crippen molar-refractivity contribution in [2.24, 2.45) is 5.92 Å². The van der Waals surface area contributed by atoms with E-state index in [4.69, 9.17) is 0 Å². The minimum atomic E-state index is -3.71. The second-order valence-corrected chi connectivity index (χ2v) is 7.31. The predicted octanol–water partition coefficient (Wildman–Crippen LogP) is 1.73. The summed E-state index contributed by atoms with van der Waals surface area (Å²) in [5, 5.41) is 18.6. The van der Waals surface area contributed by atoms with Crippen molar-refractivity contribution < 1.29 is 23.4 Å². The van der Waals surface area contributed by atoms with Gasteiger partial charge < -0.3 is 10.2 Å². The number of rotatable bonds is 10. The summed E-state index contributed by atoms with van der Waals surface area (Å²) in [7, 11) is -3.71. The van der Waals surface area contributed by atoms with E-state index in [1.54, 1.807) is 18.2 Å². The van der Waals surface area contributed by atoms with Crippen molar-refractivity contribution in [1.29, 1.82) is 0 Å². The van der Waals surface area contributed by atoms with E-state index in [2.05, 4.69) is 6.58 Å². The van der Waals surface area contributed by atoms with Crippen molar-refractivity contribution in [1.82, 2.24) is 4.31 Å². The molecule has 2 N–H and O–H groups in total. The molecule has 7 heteroatoms. The lowest BCUT2D eigenvalue weighted by molar-refractivity contribution is -0.143. The summed E-state index contributed by atoms with van der Waals surface area (Å²) in [6.07, 6.45) is 0.919. The normalized spacial score (nSPS) is 14.4. The molecular formula is C16H23NO5S. The van der Waals surface area contributed by atoms with Crippen molar-refractivity contribution in [3.05, 3.63) is 43.0 Å². The minimum absolute atomic E-state index is 0.0485. The number of hydrogen-bond acceptors (Lipinski definition) is 4. The van der Waals surface area contributed by atoms with Gasteiger partial charge in [0.1, 0.15) is 0 Å². The monoisotopic (exact) mass is 341 g/mol. The molecule has 1 aromatic carbocycles. The quantitative estimate of drug-likeness (QED) is 0.632. The zero-order valence-electron chi connectivity index (χ0n) is 13.1. The molecule has 1 rings (SSSR count). The maximum atomic E-state index is 12.6. The Morgan fingerprint density at radius 3 is 2.43 bits per heavy atom. The van der Waals surface area contributed by atoms with E-state index < -0.39 is 28.0 Å². The fourth-order valence-corrected chi connectivity index (χ4v) is 3.70. The Balaban J connectivity index is 2.90. The van der Waals surface area contributed by atoms with Crippen LogP contribution in [0.4, 0.5) is 0 Å². The Morgan fingerprint density at radius 1 is 1.35 bits per heavy atom. The molecule has 0 aliphatic heterocycles. The molecule has 0 aromatic heterocycles. The lowest BCUT2D eigenvalue weighted by atomic mass is 9.99. The number of aliphatic carboxylic acids is 1. The average molecular weight is 341 g/mol. The van der Waals surface area contributed by atoms with E-state index in [0.29, 0.717) is 0 Å². The van der Waals surface area contributed by atoms with Crippen molar-refractivity contribution in [3.8, 4) is 0 Å². The zero-order valence-corrected chi connectivity index (χ0v) is 13.9. The van der Waals surface area contributed by atoms with Crippen LogP contribution in [0.1, 0.15) is 19.8 Å². The maximum absolute atomic E-state index is 12.6. The van der Waals surface area contributed by atoms with Crippen molar-refractivity contribution in [2.75, 3.05) is 13.1 Å². The molecule has 0 saturated carbocycles. The first-order chi connectivity index (χ1) is 10.8. The van der Waals surface area contributed by atoms with Crippen LogP contribution in [0, 0.1) is 5.92 Å². The predicted molar refractivity (Wildman–Crippen MR) is 87.4 cm³/mol. The van der Waals surface area contributed by atoms with Crippen LogP contribution in [0.15, 0.2) is 47.9 Å². The Bertz CT molecular complexity index is 613.